The van der Waals surface area contributed by atoms with Crippen LogP contribution in [-0.2, 0) is 0 Å². The Morgan fingerprint density at radius 2 is 1.00 bits per heavy atom. The van der Waals surface area contributed by atoms with Crippen molar-refractivity contribution in [3.05, 3.63) is 102 Å². The summed E-state index contributed by atoms with van der Waals surface area (Å²) in [5.74, 6) is 3.21. The van der Waals surface area contributed by atoms with Crippen LogP contribution in [0.15, 0.2) is 96.0 Å². The Hall–Kier alpha value is -2.89. The maximum atomic E-state index is 4.47. The average Bonchev–Trinajstić information content (AvgIpc) is 2.58. The number of rotatable bonds is 3. The van der Waals surface area contributed by atoms with Crippen molar-refractivity contribution in [1.82, 2.24) is 0 Å². The molecule has 0 aliphatic heterocycles. The Bertz CT molecular complexity index is 711. The summed E-state index contributed by atoms with van der Waals surface area (Å²) in [5.41, 5.74) is 4.13. The summed E-state index contributed by atoms with van der Waals surface area (Å²) in [4.78, 5) is 4.47. The number of benzene rings is 3. The fraction of sp³-hybridized carbons (Fsp3) is 0. The van der Waals surface area contributed by atoms with Crippen LogP contribution in [0.1, 0.15) is 11.1 Å². The van der Waals surface area contributed by atoms with Crippen LogP contribution in [0, 0.1) is 0 Å². The van der Waals surface area contributed by atoms with Crippen molar-refractivity contribution in [2.45, 2.75) is 0 Å². The molecule has 3 rings (SSSR count). The quantitative estimate of drug-likeness (QED) is 0.585. The molecule has 0 aromatic heterocycles. The Labute approximate surface area is 124 Å². The Morgan fingerprint density at radius 3 is 1.48 bits per heavy atom. The molecule has 0 unspecified atom stereocenters. The highest BCUT2D eigenvalue weighted by atomic mass is 14.7. The standard InChI is InChI=1S/C20H15N/c1-4-10-17(11-5-1)20(18-12-6-2-7-13-18)16-21-19-14-8-3-9-15-19/h1-15H. The number of hydrogen-bond donors (Lipinski definition) is 0. The van der Waals surface area contributed by atoms with Gasteiger partial charge in [0.05, 0.1) is 11.3 Å². The Balaban J connectivity index is 2.11. The number of para-hydroxylation sites is 1. The third kappa shape index (κ3) is 3.36. The van der Waals surface area contributed by atoms with Crippen molar-refractivity contribution in [2.75, 3.05) is 0 Å². The average molecular weight is 269 g/mol. The van der Waals surface area contributed by atoms with E-state index >= 15 is 0 Å². The molecule has 0 heterocycles. The maximum Gasteiger partial charge on any atom is 0.0729 e. The summed E-state index contributed by atoms with van der Waals surface area (Å²) in [6, 6.07) is 30.4. The van der Waals surface area contributed by atoms with Gasteiger partial charge in [0.1, 0.15) is 0 Å². The molecule has 1 heteroatoms. The summed E-state index contributed by atoms with van der Waals surface area (Å²) < 4.78 is 0. The molecule has 0 saturated heterocycles. The summed E-state index contributed by atoms with van der Waals surface area (Å²) >= 11 is 0. The first-order valence-electron chi connectivity index (χ1n) is 6.93. The lowest BCUT2D eigenvalue weighted by Crippen LogP contribution is -1.87. The van der Waals surface area contributed by atoms with Gasteiger partial charge in [0.15, 0.2) is 0 Å². The van der Waals surface area contributed by atoms with Gasteiger partial charge in [-0.2, -0.15) is 0 Å². The normalized spacial score (nSPS) is 9.71. The van der Waals surface area contributed by atoms with Crippen molar-refractivity contribution in [3.8, 4) is 0 Å². The molecule has 3 aromatic carbocycles. The van der Waals surface area contributed by atoms with Gasteiger partial charge in [-0.15, -0.1) is 0 Å². The minimum absolute atomic E-state index is 0.905. The van der Waals surface area contributed by atoms with E-state index in [1.54, 1.807) is 0 Å². The molecule has 0 N–H and O–H groups in total. The van der Waals surface area contributed by atoms with Crippen molar-refractivity contribution >= 4 is 17.1 Å². The van der Waals surface area contributed by atoms with Crippen molar-refractivity contribution in [3.63, 3.8) is 0 Å². The molecule has 21 heavy (non-hydrogen) atoms. The van der Waals surface area contributed by atoms with Gasteiger partial charge in [-0.1, -0.05) is 78.9 Å². The van der Waals surface area contributed by atoms with E-state index in [4.69, 9.17) is 0 Å². The first kappa shape index (κ1) is 13.1. The summed E-state index contributed by atoms with van der Waals surface area (Å²) in [7, 11) is 0. The van der Waals surface area contributed by atoms with E-state index in [0.717, 1.165) is 22.4 Å². The van der Waals surface area contributed by atoms with E-state index in [2.05, 4.69) is 35.1 Å². The lowest BCUT2D eigenvalue weighted by molar-refractivity contribution is 1.53. The predicted molar refractivity (Wildman–Crippen MR) is 88.9 cm³/mol. The Kier molecular flexibility index (Phi) is 4.07. The van der Waals surface area contributed by atoms with E-state index in [1.165, 1.54) is 0 Å². The van der Waals surface area contributed by atoms with E-state index in [1.807, 2.05) is 66.7 Å². The molecule has 0 aliphatic rings. The van der Waals surface area contributed by atoms with Crippen molar-refractivity contribution in [2.24, 2.45) is 4.99 Å². The molecule has 0 atom stereocenters. The van der Waals surface area contributed by atoms with Crippen molar-refractivity contribution < 1.29 is 0 Å². The van der Waals surface area contributed by atoms with Crippen LogP contribution in [0.3, 0.4) is 0 Å². The molecule has 1 nitrogen and oxygen atoms in total. The molecule has 0 spiro atoms. The highest BCUT2D eigenvalue weighted by Gasteiger charge is 2.03. The molecule has 0 radical (unpaired) electrons. The minimum atomic E-state index is 0.905. The van der Waals surface area contributed by atoms with Crippen molar-refractivity contribution in [1.29, 1.82) is 0 Å². The van der Waals surface area contributed by atoms with Crippen LogP contribution in [-0.4, -0.2) is 5.87 Å². The van der Waals surface area contributed by atoms with E-state index in [9.17, 15) is 0 Å². The summed E-state index contributed by atoms with van der Waals surface area (Å²) in [6.45, 7) is 0. The van der Waals surface area contributed by atoms with Gasteiger partial charge in [0, 0.05) is 0 Å². The van der Waals surface area contributed by atoms with Crippen LogP contribution in [0.25, 0.3) is 5.57 Å². The fourth-order valence-corrected chi connectivity index (χ4v) is 2.13. The molecular weight excluding hydrogens is 254 g/mol. The lowest BCUT2D eigenvalue weighted by atomic mass is 9.99. The smallest absolute Gasteiger partial charge is 0.0729 e. The molecule has 0 bridgehead atoms. The zero-order chi connectivity index (χ0) is 14.3. The molecule has 0 amide bonds. The third-order valence-electron chi connectivity index (χ3n) is 3.18. The van der Waals surface area contributed by atoms with Gasteiger partial charge in [-0.05, 0) is 29.1 Å². The van der Waals surface area contributed by atoms with Gasteiger partial charge in [0.2, 0.25) is 0 Å². The van der Waals surface area contributed by atoms with Gasteiger partial charge in [-0.3, -0.25) is 0 Å². The van der Waals surface area contributed by atoms with Gasteiger partial charge in [-0.25, -0.2) is 4.99 Å². The minimum Gasteiger partial charge on any atom is -0.206 e. The summed E-state index contributed by atoms with van der Waals surface area (Å²) in [5, 5.41) is 0. The second-order valence-corrected chi connectivity index (χ2v) is 4.67. The second-order valence-electron chi connectivity index (χ2n) is 4.67. The van der Waals surface area contributed by atoms with Gasteiger partial charge in [0.25, 0.3) is 0 Å². The SMILES string of the molecule is C(=Nc1ccccc1)=C(c1ccccc1)c1ccccc1. The Morgan fingerprint density at radius 1 is 0.571 bits per heavy atom. The van der Waals surface area contributed by atoms with E-state index in [-0.39, 0.29) is 0 Å². The third-order valence-corrected chi connectivity index (χ3v) is 3.18. The summed E-state index contributed by atoms with van der Waals surface area (Å²) in [6.07, 6.45) is 0. The van der Waals surface area contributed by atoms with Crippen LogP contribution >= 0.6 is 0 Å². The van der Waals surface area contributed by atoms with Crippen LogP contribution < -0.4 is 0 Å². The monoisotopic (exact) mass is 269 g/mol. The van der Waals surface area contributed by atoms with Crippen LogP contribution in [0.5, 0.6) is 0 Å². The lowest BCUT2D eigenvalue weighted by Gasteiger charge is -2.04. The molecule has 0 fully saturated rings. The molecular formula is C20H15N. The predicted octanol–water partition coefficient (Wildman–Crippen LogP) is 5.12. The van der Waals surface area contributed by atoms with E-state index in [0.29, 0.717) is 0 Å². The zero-order valence-electron chi connectivity index (χ0n) is 11.6. The number of aliphatic imine (C=N–C) groups is 1. The maximum absolute atomic E-state index is 4.47. The highest BCUT2D eigenvalue weighted by Crippen LogP contribution is 2.21. The topological polar surface area (TPSA) is 12.4 Å². The van der Waals surface area contributed by atoms with Gasteiger partial charge >= 0.3 is 0 Å². The first-order valence-corrected chi connectivity index (χ1v) is 6.93. The van der Waals surface area contributed by atoms with Gasteiger partial charge < -0.3 is 0 Å². The molecule has 3 aromatic rings. The zero-order valence-corrected chi connectivity index (χ0v) is 11.6. The first-order chi connectivity index (χ1) is 10.4. The molecule has 0 aliphatic carbocycles. The molecule has 100 valence electrons. The van der Waals surface area contributed by atoms with Crippen LogP contribution in [0.2, 0.25) is 0 Å². The number of hydrogen-bond acceptors (Lipinski definition) is 1. The largest absolute Gasteiger partial charge is 0.206 e. The highest BCUT2D eigenvalue weighted by molar-refractivity contribution is 5.99. The van der Waals surface area contributed by atoms with E-state index < -0.39 is 0 Å². The second kappa shape index (κ2) is 6.51. The number of nitrogens with zero attached hydrogens (tertiary/aromatic N) is 1. The van der Waals surface area contributed by atoms with Crippen LogP contribution in [0.4, 0.5) is 5.69 Å². The fourth-order valence-electron chi connectivity index (χ4n) is 2.13. The molecule has 0 saturated carbocycles.